The van der Waals surface area contributed by atoms with Gasteiger partial charge < -0.3 is 24.8 Å². The zero-order valence-corrected chi connectivity index (χ0v) is 17.4. The van der Waals surface area contributed by atoms with Crippen molar-refractivity contribution in [2.75, 3.05) is 36.9 Å². The molecule has 2 N–H and O–H groups in total. The van der Waals surface area contributed by atoms with E-state index in [2.05, 4.69) is 37.4 Å². The first-order chi connectivity index (χ1) is 13.8. The molecule has 2 aromatic carbocycles. The van der Waals surface area contributed by atoms with Crippen molar-refractivity contribution in [2.24, 2.45) is 0 Å². The highest BCUT2D eigenvalue weighted by Crippen LogP contribution is 2.34. The number of hydrogen-bond acceptors (Lipinski definition) is 5. The van der Waals surface area contributed by atoms with Crippen LogP contribution in [0, 0.1) is 6.92 Å². The molecule has 0 amide bonds. The Bertz CT molecular complexity index is 833. The van der Waals surface area contributed by atoms with E-state index in [4.69, 9.17) is 9.47 Å². The maximum atomic E-state index is 12.3. The molecule has 9 heteroatoms. The van der Waals surface area contributed by atoms with Crippen LogP contribution in [0.4, 0.5) is 24.5 Å². The lowest BCUT2D eigenvalue weighted by atomic mass is 10.2. The minimum atomic E-state index is -4.72. The van der Waals surface area contributed by atoms with Crippen LogP contribution in [0.3, 0.4) is 0 Å². The molecule has 2 aromatic rings. The molecular weight excluding hydrogens is 453 g/mol. The van der Waals surface area contributed by atoms with E-state index in [0.29, 0.717) is 31.2 Å². The van der Waals surface area contributed by atoms with Gasteiger partial charge in [0.2, 0.25) is 0 Å². The molecule has 1 aliphatic heterocycles. The first-order valence-corrected chi connectivity index (χ1v) is 9.97. The molecule has 3 rings (SSSR count). The van der Waals surface area contributed by atoms with Gasteiger partial charge in [0, 0.05) is 29.4 Å². The number of aryl methyl sites for hydroxylation is 1. The van der Waals surface area contributed by atoms with Gasteiger partial charge in [0.15, 0.2) is 0 Å². The number of alkyl halides is 3. The molecule has 5 nitrogen and oxygen atoms in total. The highest BCUT2D eigenvalue weighted by molar-refractivity contribution is 9.10. The Morgan fingerprint density at radius 1 is 1.24 bits per heavy atom. The number of fused-ring (bicyclic) bond motifs is 1. The molecule has 1 aliphatic rings. The van der Waals surface area contributed by atoms with E-state index in [0.717, 1.165) is 23.1 Å². The molecule has 0 aliphatic carbocycles. The van der Waals surface area contributed by atoms with E-state index in [-0.39, 0.29) is 11.9 Å². The summed E-state index contributed by atoms with van der Waals surface area (Å²) in [5.41, 5.74) is 2.70. The van der Waals surface area contributed by atoms with Gasteiger partial charge in [-0.3, -0.25) is 0 Å². The summed E-state index contributed by atoms with van der Waals surface area (Å²) in [5, 5.41) is 6.40. The average molecular weight is 475 g/mol. The summed E-state index contributed by atoms with van der Waals surface area (Å²) in [4.78, 5) is 0. The van der Waals surface area contributed by atoms with Crippen molar-refractivity contribution in [1.82, 2.24) is 0 Å². The van der Waals surface area contributed by atoms with Crippen LogP contribution in [0.15, 0.2) is 40.9 Å². The Balaban J connectivity index is 1.36. The van der Waals surface area contributed by atoms with Crippen molar-refractivity contribution in [1.29, 1.82) is 0 Å². The second-order valence-corrected chi connectivity index (χ2v) is 7.52. The quantitative estimate of drug-likeness (QED) is 0.505. The number of nitrogens with one attached hydrogen (secondary N) is 2. The lowest BCUT2D eigenvalue weighted by Crippen LogP contribution is -2.35. The van der Waals surface area contributed by atoms with Gasteiger partial charge in [-0.25, -0.2) is 0 Å². The van der Waals surface area contributed by atoms with Crippen molar-refractivity contribution in [3.8, 4) is 11.5 Å². The average Bonchev–Trinajstić information content (AvgIpc) is 2.64. The first kappa shape index (κ1) is 21.6. The van der Waals surface area contributed by atoms with Gasteiger partial charge in [0.05, 0.1) is 18.8 Å². The Labute approximate surface area is 175 Å². The molecule has 0 bridgehead atoms. The van der Waals surface area contributed by atoms with Crippen molar-refractivity contribution >= 4 is 27.3 Å². The zero-order chi connectivity index (χ0) is 20.9. The van der Waals surface area contributed by atoms with Gasteiger partial charge in [0.1, 0.15) is 17.6 Å². The fourth-order valence-electron chi connectivity index (χ4n) is 2.86. The molecule has 0 fully saturated rings. The van der Waals surface area contributed by atoms with E-state index < -0.39 is 6.36 Å². The standard InChI is InChI=1S/C20H22BrF3N2O3/c1-13-3-5-17(16(21)9-13)25-7-2-8-27-12-15-11-26-18-10-14(29-20(22,23)24)4-6-19(18)28-15/h3-6,9-10,15,25-26H,2,7-8,11-12H2,1H3. The first-order valence-electron chi connectivity index (χ1n) is 9.18. The third-order valence-electron chi connectivity index (χ3n) is 4.21. The van der Waals surface area contributed by atoms with Crippen LogP contribution >= 0.6 is 15.9 Å². The molecule has 1 atom stereocenters. The summed E-state index contributed by atoms with van der Waals surface area (Å²) >= 11 is 3.53. The van der Waals surface area contributed by atoms with Gasteiger partial charge in [-0.2, -0.15) is 0 Å². The Kier molecular flexibility index (Phi) is 7.13. The van der Waals surface area contributed by atoms with Gasteiger partial charge in [-0.05, 0) is 59.1 Å². The van der Waals surface area contributed by atoms with Crippen LogP contribution in [-0.2, 0) is 4.74 Å². The Hall–Kier alpha value is -2.13. The summed E-state index contributed by atoms with van der Waals surface area (Å²) in [6, 6.07) is 10.1. The highest BCUT2D eigenvalue weighted by atomic mass is 79.9. The topological polar surface area (TPSA) is 51.8 Å². The van der Waals surface area contributed by atoms with Crippen LogP contribution in [0.25, 0.3) is 0 Å². The van der Waals surface area contributed by atoms with Crippen molar-refractivity contribution in [3.05, 3.63) is 46.4 Å². The molecule has 1 unspecified atom stereocenters. The van der Waals surface area contributed by atoms with E-state index in [1.54, 1.807) is 0 Å². The molecule has 0 spiro atoms. The second kappa shape index (κ2) is 9.58. The molecule has 0 aromatic heterocycles. The fourth-order valence-corrected chi connectivity index (χ4v) is 3.49. The fraction of sp³-hybridized carbons (Fsp3) is 0.400. The molecule has 158 valence electrons. The van der Waals surface area contributed by atoms with E-state index >= 15 is 0 Å². The van der Waals surface area contributed by atoms with E-state index in [1.165, 1.54) is 23.8 Å². The molecule has 0 saturated heterocycles. The lowest BCUT2D eigenvalue weighted by molar-refractivity contribution is -0.274. The number of rotatable bonds is 8. The maximum absolute atomic E-state index is 12.3. The monoisotopic (exact) mass is 474 g/mol. The second-order valence-electron chi connectivity index (χ2n) is 6.67. The SMILES string of the molecule is Cc1ccc(NCCCOCC2CNc3cc(OC(F)(F)F)ccc3O2)c(Br)c1. The Morgan fingerprint density at radius 2 is 2.07 bits per heavy atom. The molecular formula is C20H22BrF3N2O3. The van der Waals surface area contributed by atoms with Crippen molar-refractivity contribution in [3.63, 3.8) is 0 Å². The third kappa shape index (κ3) is 6.71. The molecule has 0 saturated carbocycles. The Morgan fingerprint density at radius 3 is 2.83 bits per heavy atom. The summed E-state index contributed by atoms with van der Waals surface area (Å²) in [7, 11) is 0. The van der Waals surface area contributed by atoms with E-state index in [9.17, 15) is 13.2 Å². The highest BCUT2D eigenvalue weighted by Gasteiger charge is 2.31. The van der Waals surface area contributed by atoms with Crippen LogP contribution in [0.1, 0.15) is 12.0 Å². The molecule has 29 heavy (non-hydrogen) atoms. The maximum Gasteiger partial charge on any atom is 0.573 e. The summed E-state index contributed by atoms with van der Waals surface area (Å²) in [6.45, 7) is 4.22. The molecule has 1 heterocycles. The number of halogens is 4. The smallest absolute Gasteiger partial charge is 0.484 e. The van der Waals surface area contributed by atoms with Crippen LogP contribution in [0.2, 0.25) is 0 Å². The summed E-state index contributed by atoms with van der Waals surface area (Å²) < 4.78 is 53.3. The van der Waals surface area contributed by atoms with Crippen LogP contribution in [0.5, 0.6) is 11.5 Å². The van der Waals surface area contributed by atoms with Gasteiger partial charge in [-0.15, -0.1) is 13.2 Å². The predicted molar refractivity (Wildman–Crippen MR) is 109 cm³/mol. The zero-order valence-electron chi connectivity index (χ0n) is 15.8. The normalized spacial score (nSPS) is 15.8. The third-order valence-corrected chi connectivity index (χ3v) is 4.86. The van der Waals surface area contributed by atoms with Crippen molar-refractivity contribution < 1.29 is 27.4 Å². The number of hydrogen-bond donors (Lipinski definition) is 2. The minimum Gasteiger partial charge on any atom is -0.484 e. The lowest BCUT2D eigenvalue weighted by Gasteiger charge is -2.27. The van der Waals surface area contributed by atoms with Crippen molar-refractivity contribution in [2.45, 2.75) is 25.8 Å². The minimum absolute atomic E-state index is 0.212. The van der Waals surface area contributed by atoms with Gasteiger partial charge >= 0.3 is 6.36 Å². The summed E-state index contributed by atoms with van der Waals surface area (Å²) in [5.74, 6) is 0.194. The van der Waals surface area contributed by atoms with Gasteiger partial charge in [-0.1, -0.05) is 6.07 Å². The summed E-state index contributed by atoms with van der Waals surface area (Å²) in [6.07, 6.45) is -4.10. The molecule has 0 radical (unpaired) electrons. The van der Waals surface area contributed by atoms with Gasteiger partial charge in [0.25, 0.3) is 0 Å². The largest absolute Gasteiger partial charge is 0.573 e. The number of benzene rings is 2. The predicted octanol–water partition coefficient (Wildman–Crippen LogP) is 5.35. The number of ether oxygens (including phenoxy) is 3. The van der Waals surface area contributed by atoms with E-state index in [1.807, 2.05) is 19.1 Å². The number of anilines is 2. The van der Waals surface area contributed by atoms with Crippen LogP contribution < -0.4 is 20.1 Å². The van der Waals surface area contributed by atoms with Crippen LogP contribution in [-0.4, -0.2) is 38.8 Å².